The monoisotopic (exact) mass is 423 g/mol. The van der Waals surface area contributed by atoms with Crippen LogP contribution in [0, 0.1) is 9.49 Å². The van der Waals surface area contributed by atoms with Gasteiger partial charge in [0.25, 0.3) is 5.91 Å². The van der Waals surface area contributed by atoms with Crippen LogP contribution in [0.2, 0.25) is 0 Å². The van der Waals surface area contributed by atoms with Gasteiger partial charge in [-0.1, -0.05) is 15.9 Å². The summed E-state index contributed by atoms with van der Waals surface area (Å²) in [6.07, 6.45) is 2.27. The summed E-state index contributed by atoms with van der Waals surface area (Å²) in [5, 5.41) is 9.62. The van der Waals surface area contributed by atoms with Gasteiger partial charge in [-0.05, 0) is 59.5 Å². The van der Waals surface area contributed by atoms with Crippen LogP contribution in [0.4, 0.5) is 0 Å². The standard InChI is InChI=1S/C13H15BrINO2/c1-16(7-8-4-10(14)5-8)13(18)9-2-3-11(15)12(17)6-9/h2-3,6,8,10,17H,4-5,7H2,1H3. The lowest BCUT2D eigenvalue weighted by Gasteiger charge is -2.34. The third kappa shape index (κ3) is 3.17. The van der Waals surface area contributed by atoms with E-state index in [9.17, 15) is 9.90 Å². The van der Waals surface area contributed by atoms with Crippen molar-refractivity contribution in [2.75, 3.05) is 13.6 Å². The molecular weight excluding hydrogens is 409 g/mol. The Hall–Kier alpha value is -0.300. The molecule has 0 aromatic heterocycles. The second kappa shape index (κ2) is 5.77. The molecular formula is C13H15BrINO2. The lowest BCUT2D eigenvalue weighted by Crippen LogP contribution is -2.37. The summed E-state index contributed by atoms with van der Waals surface area (Å²) < 4.78 is 0.757. The van der Waals surface area contributed by atoms with Crippen molar-refractivity contribution in [2.24, 2.45) is 5.92 Å². The van der Waals surface area contributed by atoms with Crippen molar-refractivity contribution in [1.29, 1.82) is 0 Å². The molecule has 1 fully saturated rings. The largest absolute Gasteiger partial charge is 0.507 e. The molecule has 0 bridgehead atoms. The van der Waals surface area contributed by atoms with Gasteiger partial charge in [0.2, 0.25) is 0 Å². The van der Waals surface area contributed by atoms with E-state index in [0.717, 1.165) is 23.0 Å². The molecule has 1 N–H and O–H groups in total. The minimum atomic E-state index is -0.0280. The number of benzene rings is 1. The Kier molecular flexibility index (Phi) is 4.53. The molecule has 3 nitrogen and oxygen atoms in total. The summed E-state index contributed by atoms with van der Waals surface area (Å²) in [7, 11) is 1.82. The minimum absolute atomic E-state index is 0.0280. The highest BCUT2D eigenvalue weighted by molar-refractivity contribution is 14.1. The smallest absolute Gasteiger partial charge is 0.253 e. The number of hydrogen-bond acceptors (Lipinski definition) is 2. The van der Waals surface area contributed by atoms with Crippen molar-refractivity contribution >= 4 is 44.4 Å². The van der Waals surface area contributed by atoms with Gasteiger partial charge < -0.3 is 10.0 Å². The maximum absolute atomic E-state index is 12.2. The van der Waals surface area contributed by atoms with Gasteiger partial charge >= 0.3 is 0 Å². The molecule has 2 rings (SSSR count). The predicted octanol–water partition coefficient (Wildman–Crippen LogP) is 3.24. The molecule has 0 heterocycles. The van der Waals surface area contributed by atoms with Crippen molar-refractivity contribution in [3.05, 3.63) is 27.3 Å². The number of hydrogen-bond donors (Lipinski definition) is 1. The zero-order valence-electron chi connectivity index (χ0n) is 10.1. The first-order valence-corrected chi connectivity index (χ1v) is 7.85. The van der Waals surface area contributed by atoms with Gasteiger partial charge in [-0.3, -0.25) is 4.79 Å². The van der Waals surface area contributed by atoms with Crippen LogP contribution >= 0.6 is 38.5 Å². The molecule has 1 aromatic carbocycles. The van der Waals surface area contributed by atoms with Crippen molar-refractivity contribution < 1.29 is 9.90 Å². The van der Waals surface area contributed by atoms with E-state index in [1.807, 2.05) is 29.6 Å². The summed E-state index contributed by atoms with van der Waals surface area (Å²) in [6.45, 7) is 0.785. The van der Waals surface area contributed by atoms with E-state index in [-0.39, 0.29) is 11.7 Å². The number of alkyl halides is 1. The molecule has 5 heteroatoms. The molecule has 18 heavy (non-hydrogen) atoms. The highest BCUT2D eigenvalue weighted by Gasteiger charge is 2.29. The number of phenols is 1. The maximum Gasteiger partial charge on any atom is 0.253 e. The highest BCUT2D eigenvalue weighted by Crippen LogP contribution is 2.33. The third-order valence-electron chi connectivity index (χ3n) is 3.25. The molecule has 0 atom stereocenters. The fraction of sp³-hybridized carbons (Fsp3) is 0.462. The van der Waals surface area contributed by atoms with Gasteiger partial charge in [0.05, 0.1) is 3.57 Å². The fourth-order valence-corrected chi connectivity index (χ4v) is 3.53. The Morgan fingerprint density at radius 3 is 2.78 bits per heavy atom. The summed E-state index contributed by atoms with van der Waals surface area (Å²) in [5.41, 5.74) is 0.546. The summed E-state index contributed by atoms with van der Waals surface area (Å²) >= 11 is 5.59. The topological polar surface area (TPSA) is 40.5 Å². The highest BCUT2D eigenvalue weighted by atomic mass is 127. The summed E-state index contributed by atoms with van der Waals surface area (Å²) in [4.78, 5) is 14.5. The Bertz CT molecular complexity index is 460. The average molecular weight is 424 g/mol. The van der Waals surface area contributed by atoms with Gasteiger partial charge in [0.1, 0.15) is 5.75 Å². The molecule has 1 aromatic rings. The molecule has 0 radical (unpaired) electrons. The quantitative estimate of drug-likeness (QED) is 0.598. The number of carbonyl (C=O) groups excluding carboxylic acids is 1. The van der Waals surface area contributed by atoms with E-state index in [2.05, 4.69) is 15.9 Å². The van der Waals surface area contributed by atoms with Crippen molar-refractivity contribution in [1.82, 2.24) is 4.90 Å². The van der Waals surface area contributed by atoms with E-state index < -0.39 is 0 Å². The van der Waals surface area contributed by atoms with Gasteiger partial charge in [0.15, 0.2) is 0 Å². The van der Waals surface area contributed by atoms with E-state index in [1.54, 1.807) is 17.0 Å². The van der Waals surface area contributed by atoms with Crippen LogP contribution in [-0.2, 0) is 0 Å². The van der Waals surface area contributed by atoms with Gasteiger partial charge in [-0.2, -0.15) is 0 Å². The van der Waals surface area contributed by atoms with E-state index in [0.29, 0.717) is 16.3 Å². The van der Waals surface area contributed by atoms with E-state index in [4.69, 9.17) is 0 Å². The fourth-order valence-electron chi connectivity index (χ4n) is 2.14. The predicted molar refractivity (Wildman–Crippen MR) is 83.2 cm³/mol. The molecule has 0 aliphatic heterocycles. The Morgan fingerprint density at radius 2 is 2.22 bits per heavy atom. The average Bonchev–Trinajstić information content (AvgIpc) is 2.29. The number of halogens is 2. The summed E-state index contributed by atoms with van der Waals surface area (Å²) in [5.74, 6) is 0.736. The molecule has 0 saturated heterocycles. The maximum atomic E-state index is 12.2. The Labute approximate surface area is 129 Å². The number of amides is 1. The van der Waals surface area contributed by atoms with Crippen LogP contribution in [0.1, 0.15) is 23.2 Å². The van der Waals surface area contributed by atoms with Crippen LogP contribution in [0.15, 0.2) is 18.2 Å². The normalized spacial score (nSPS) is 22.4. The van der Waals surface area contributed by atoms with Crippen molar-refractivity contribution in [3.8, 4) is 5.75 Å². The number of phenolic OH excluding ortho intramolecular Hbond substituents is 1. The minimum Gasteiger partial charge on any atom is -0.507 e. The Balaban J connectivity index is 1.99. The molecule has 1 aliphatic carbocycles. The molecule has 1 saturated carbocycles. The van der Waals surface area contributed by atoms with Crippen LogP contribution in [0.5, 0.6) is 5.75 Å². The van der Waals surface area contributed by atoms with Gasteiger partial charge in [-0.25, -0.2) is 0 Å². The number of aromatic hydroxyl groups is 1. The first-order chi connectivity index (χ1) is 8.47. The molecule has 0 unspecified atom stereocenters. The van der Waals surface area contributed by atoms with E-state index >= 15 is 0 Å². The molecule has 98 valence electrons. The van der Waals surface area contributed by atoms with Crippen LogP contribution in [0.3, 0.4) is 0 Å². The van der Waals surface area contributed by atoms with Gasteiger partial charge in [0, 0.05) is 24.0 Å². The first kappa shape index (κ1) is 14.1. The van der Waals surface area contributed by atoms with Crippen molar-refractivity contribution in [2.45, 2.75) is 17.7 Å². The lowest BCUT2D eigenvalue weighted by molar-refractivity contribution is 0.0748. The number of carbonyl (C=O) groups is 1. The van der Waals surface area contributed by atoms with Crippen LogP contribution < -0.4 is 0 Å². The summed E-state index contributed by atoms with van der Waals surface area (Å²) in [6, 6.07) is 5.05. The van der Waals surface area contributed by atoms with Gasteiger partial charge in [-0.15, -0.1) is 0 Å². The lowest BCUT2D eigenvalue weighted by atomic mass is 9.85. The zero-order valence-corrected chi connectivity index (χ0v) is 13.8. The van der Waals surface area contributed by atoms with Crippen LogP contribution in [0.25, 0.3) is 0 Å². The molecule has 0 spiro atoms. The second-order valence-corrected chi connectivity index (χ2v) is 7.24. The molecule has 1 aliphatic rings. The van der Waals surface area contributed by atoms with E-state index in [1.165, 1.54) is 6.07 Å². The van der Waals surface area contributed by atoms with Crippen LogP contribution in [-0.4, -0.2) is 34.3 Å². The third-order valence-corrected chi connectivity index (χ3v) is 4.91. The van der Waals surface area contributed by atoms with Crippen molar-refractivity contribution in [3.63, 3.8) is 0 Å². The SMILES string of the molecule is CN(CC1CC(Br)C1)C(=O)c1ccc(I)c(O)c1. The Morgan fingerprint density at radius 1 is 1.56 bits per heavy atom. The number of rotatable bonds is 3. The second-order valence-electron chi connectivity index (χ2n) is 4.79. The number of nitrogens with zero attached hydrogens (tertiary/aromatic N) is 1. The first-order valence-electron chi connectivity index (χ1n) is 5.85. The zero-order chi connectivity index (χ0) is 13.3. The molecule has 1 amide bonds.